The molecule has 2 rings (SSSR count). The zero-order chi connectivity index (χ0) is 13.0. The third-order valence-electron chi connectivity index (χ3n) is 2.50. The fraction of sp³-hybridized carbons (Fsp3) is 0.154. The van der Waals surface area contributed by atoms with E-state index >= 15 is 0 Å². The molecule has 0 amide bonds. The Balaban J connectivity index is 2.34. The van der Waals surface area contributed by atoms with Gasteiger partial charge < -0.3 is 4.74 Å². The van der Waals surface area contributed by atoms with Crippen LogP contribution >= 0.6 is 0 Å². The van der Waals surface area contributed by atoms with Crippen LogP contribution < -0.4 is 10.3 Å². The maximum atomic E-state index is 11.5. The number of rotatable bonds is 3. The van der Waals surface area contributed by atoms with Crippen molar-refractivity contribution in [2.24, 2.45) is 0 Å². The minimum Gasteiger partial charge on any atom is -0.495 e. The molecule has 18 heavy (non-hydrogen) atoms. The molecule has 5 heteroatoms. The summed E-state index contributed by atoms with van der Waals surface area (Å²) in [6, 6.07) is 10.3. The van der Waals surface area contributed by atoms with Crippen molar-refractivity contribution >= 4 is 0 Å². The molecule has 0 fully saturated rings. The number of nitriles is 1. The molecule has 0 radical (unpaired) electrons. The van der Waals surface area contributed by atoms with E-state index in [4.69, 9.17) is 10.00 Å². The lowest BCUT2D eigenvalue weighted by Crippen LogP contribution is -2.21. The van der Waals surface area contributed by atoms with E-state index in [1.807, 2.05) is 6.07 Å². The predicted octanol–water partition coefficient (Wildman–Crippen LogP) is 1.17. The van der Waals surface area contributed by atoms with Crippen molar-refractivity contribution in [3.8, 4) is 11.8 Å². The van der Waals surface area contributed by atoms with Crippen molar-refractivity contribution in [3.63, 3.8) is 0 Å². The summed E-state index contributed by atoms with van der Waals surface area (Å²) < 4.78 is 6.46. The number of benzene rings is 1. The van der Waals surface area contributed by atoms with Gasteiger partial charge in [-0.2, -0.15) is 10.4 Å². The number of hydrogen-bond donors (Lipinski definition) is 0. The molecule has 0 unspecified atom stereocenters. The minimum absolute atomic E-state index is 0.166. The van der Waals surface area contributed by atoms with Crippen molar-refractivity contribution in [2.45, 2.75) is 6.54 Å². The maximum Gasteiger partial charge on any atom is 0.267 e. The highest BCUT2D eigenvalue weighted by Crippen LogP contribution is 2.19. The van der Waals surface area contributed by atoms with E-state index < -0.39 is 0 Å². The number of aromatic nitrogens is 2. The van der Waals surface area contributed by atoms with Gasteiger partial charge >= 0.3 is 0 Å². The number of methoxy groups -OCH3 is 1. The topological polar surface area (TPSA) is 67.9 Å². The first kappa shape index (κ1) is 11.9. The molecular formula is C13H11N3O2. The second-order valence-electron chi connectivity index (χ2n) is 3.67. The Morgan fingerprint density at radius 3 is 2.94 bits per heavy atom. The number of hydrogen-bond acceptors (Lipinski definition) is 4. The third kappa shape index (κ3) is 2.38. The highest BCUT2D eigenvalue weighted by molar-refractivity contribution is 5.45. The summed E-state index contributed by atoms with van der Waals surface area (Å²) in [4.78, 5) is 11.5. The third-order valence-corrected chi connectivity index (χ3v) is 2.50. The quantitative estimate of drug-likeness (QED) is 0.809. The summed E-state index contributed by atoms with van der Waals surface area (Å²) in [5.74, 6) is 0.499. The van der Waals surface area contributed by atoms with Gasteiger partial charge in [-0.15, -0.1) is 0 Å². The number of ether oxygens (including phenoxy) is 1. The van der Waals surface area contributed by atoms with Crippen LogP contribution in [0.25, 0.3) is 0 Å². The van der Waals surface area contributed by atoms with Crippen LogP contribution in [-0.4, -0.2) is 16.9 Å². The molecule has 1 aromatic carbocycles. The monoisotopic (exact) mass is 241 g/mol. The normalized spacial score (nSPS) is 9.78. The van der Waals surface area contributed by atoms with Crippen LogP contribution in [0.3, 0.4) is 0 Å². The Morgan fingerprint density at radius 2 is 2.28 bits per heavy atom. The van der Waals surface area contributed by atoms with Crippen LogP contribution in [-0.2, 0) is 6.54 Å². The minimum atomic E-state index is -0.166. The van der Waals surface area contributed by atoms with Gasteiger partial charge in [0.15, 0.2) is 0 Å². The first-order valence-electron chi connectivity index (χ1n) is 5.34. The molecule has 0 aliphatic rings. The second-order valence-corrected chi connectivity index (χ2v) is 3.67. The Hall–Kier alpha value is -2.61. The van der Waals surface area contributed by atoms with Gasteiger partial charge in [0.05, 0.1) is 19.2 Å². The summed E-state index contributed by atoms with van der Waals surface area (Å²) >= 11 is 0. The maximum absolute atomic E-state index is 11.5. The van der Waals surface area contributed by atoms with Crippen LogP contribution in [0.4, 0.5) is 0 Å². The van der Waals surface area contributed by atoms with E-state index in [0.717, 1.165) is 5.56 Å². The molecule has 0 atom stereocenters. The van der Waals surface area contributed by atoms with Crippen LogP contribution in [0.1, 0.15) is 11.1 Å². The highest BCUT2D eigenvalue weighted by Gasteiger charge is 2.05. The van der Waals surface area contributed by atoms with E-state index in [-0.39, 0.29) is 5.56 Å². The molecule has 0 aliphatic carbocycles. The molecule has 5 nitrogen and oxygen atoms in total. The van der Waals surface area contributed by atoms with Gasteiger partial charge in [0.25, 0.3) is 5.56 Å². The summed E-state index contributed by atoms with van der Waals surface area (Å²) in [6.45, 7) is 0.349. The summed E-state index contributed by atoms with van der Waals surface area (Å²) in [7, 11) is 1.51. The summed E-state index contributed by atoms with van der Waals surface area (Å²) in [5.41, 5.74) is 1.15. The lowest BCUT2D eigenvalue weighted by molar-refractivity contribution is 0.412. The Morgan fingerprint density at radius 1 is 1.44 bits per heavy atom. The molecule has 90 valence electrons. The first-order valence-corrected chi connectivity index (χ1v) is 5.34. The van der Waals surface area contributed by atoms with Crippen molar-refractivity contribution in [1.82, 2.24) is 9.78 Å². The molecule has 0 aliphatic heterocycles. The van der Waals surface area contributed by atoms with Crippen molar-refractivity contribution < 1.29 is 4.74 Å². The van der Waals surface area contributed by atoms with Gasteiger partial charge in [0.1, 0.15) is 11.8 Å². The van der Waals surface area contributed by atoms with Crippen molar-refractivity contribution in [2.75, 3.05) is 7.11 Å². The van der Waals surface area contributed by atoms with Crippen LogP contribution in [0.5, 0.6) is 5.75 Å². The predicted molar refractivity (Wildman–Crippen MR) is 65.3 cm³/mol. The molecule has 1 heterocycles. The van der Waals surface area contributed by atoms with Crippen molar-refractivity contribution in [1.29, 1.82) is 5.26 Å². The summed E-state index contributed by atoms with van der Waals surface area (Å²) in [5, 5.41) is 12.8. The average Bonchev–Trinajstić information content (AvgIpc) is 2.41. The van der Waals surface area contributed by atoms with E-state index in [1.165, 1.54) is 17.9 Å². The fourth-order valence-corrected chi connectivity index (χ4v) is 1.61. The van der Waals surface area contributed by atoms with Gasteiger partial charge in [-0.25, -0.2) is 4.68 Å². The van der Waals surface area contributed by atoms with Gasteiger partial charge in [0.2, 0.25) is 0 Å². The number of nitrogens with zero attached hydrogens (tertiary/aromatic N) is 3. The molecule has 1 aromatic heterocycles. The molecule has 0 spiro atoms. The largest absolute Gasteiger partial charge is 0.495 e. The lowest BCUT2D eigenvalue weighted by Gasteiger charge is -2.07. The lowest BCUT2D eigenvalue weighted by atomic mass is 10.1. The van der Waals surface area contributed by atoms with E-state index in [1.54, 1.807) is 30.5 Å². The standard InChI is InChI=1S/C13H11N3O2/c1-18-12-7-10(4-5-11(12)8-14)9-16-13(17)3-2-6-15-16/h2-7H,9H2,1H3. The molecule has 0 bridgehead atoms. The van der Waals surface area contributed by atoms with Crippen LogP contribution in [0, 0.1) is 11.3 Å². The SMILES string of the molecule is COc1cc(Cn2ncccc2=O)ccc1C#N. The smallest absolute Gasteiger partial charge is 0.267 e. The Bertz CT molecular complexity index is 656. The molecular weight excluding hydrogens is 230 g/mol. The zero-order valence-electron chi connectivity index (χ0n) is 9.83. The summed E-state index contributed by atoms with van der Waals surface area (Å²) in [6.07, 6.45) is 1.56. The van der Waals surface area contributed by atoms with E-state index in [2.05, 4.69) is 5.10 Å². The van der Waals surface area contributed by atoms with E-state index in [0.29, 0.717) is 17.9 Å². The Labute approximate surface area is 104 Å². The fourth-order valence-electron chi connectivity index (χ4n) is 1.61. The molecule has 2 aromatic rings. The van der Waals surface area contributed by atoms with Gasteiger partial charge in [-0.05, 0) is 23.8 Å². The van der Waals surface area contributed by atoms with Gasteiger partial charge in [0, 0.05) is 12.3 Å². The van der Waals surface area contributed by atoms with Crippen molar-refractivity contribution in [3.05, 3.63) is 58.0 Å². The Kier molecular flexibility index (Phi) is 3.39. The van der Waals surface area contributed by atoms with E-state index in [9.17, 15) is 4.79 Å². The van der Waals surface area contributed by atoms with Gasteiger partial charge in [-0.3, -0.25) is 4.79 Å². The highest BCUT2D eigenvalue weighted by atomic mass is 16.5. The second kappa shape index (κ2) is 5.15. The zero-order valence-corrected chi connectivity index (χ0v) is 9.83. The van der Waals surface area contributed by atoms with Crippen LogP contribution in [0.2, 0.25) is 0 Å². The molecule has 0 saturated carbocycles. The molecule has 0 N–H and O–H groups in total. The first-order chi connectivity index (χ1) is 8.74. The molecule has 0 saturated heterocycles. The van der Waals surface area contributed by atoms with Gasteiger partial charge in [-0.1, -0.05) is 6.07 Å². The average molecular weight is 241 g/mol. The van der Waals surface area contributed by atoms with Crippen LogP contribution in [0.15, 0.2) is 41.3 Å².